The molecular formula is C15H21NO3. The van der Waals surface area contributed by atoms with Gasteiger partial charge in [0.1, 0.15) is 0 Å². The number of amides is 1. The molecule has 1 aliphatic rings. The topological polar surface area (TPSA) is 62.5 Å². The Morgan fingerprint density at radius 3 is 2.95 bits per heavy atom. The van der Waals surface area contributed by atoms with Crippen molar-refractivity contribution < 1.29 is 14.3 Å². The van der Waals surface area contributed by atoms with E-state index in [0.717, 1.165) is 18.4 Å². The van der Waals surface area contributed by atoms with Gasteiger partial charge in [-0.3, -0.25) is 4.79 Å². The molecule has 1 aliphatic carbocycles. The molecule has 4 heteroatoms. The quantitative estimate of drug-likeness (QED) is 0.802. The molecule has 1 aromatic rings. The highest BCUT2D eigenvalue weighted by Crippen LogP contribution is 2.26. The van der Waals surface area contributed by atoms with Crippen LogP contribution in [0.5, 0.6) is 0 Å². The molecule has 1 unspecified atom stereocenters. The zero-order valence-electron chi connectivity index (χ0n) is 11.0. The number of rotatable bonds is 5. The van der Waals surface area contributed by atoms with Gasteiger partial charge in [-0.05, 0) is 30.9 Å². The number of aliphatic hydroxyl groups excluding tert-OH is 1. The van der Waals surface area contributed by atoms with E-state index >= 15 is 0 Å². The molecule has 1 fully saturated rings. The first-order valence-electron chi connectivity index (χ1n) is 6.92. The van der Waals surface area contributed by atoms with Crippen LogP contribution in [0.15, 0.2) is 29.1 Å². The van der Waals surface area contributed by atoms with Crippen LogP contribution in [0.4, 0.5) is 0 Å². The van der Waals surface area contributed by atoms with E-state index in [0.29, 0.717) is 12.5 Å². The Balaban J connectivity index is 1.70. The lowest BCUT2D eigenvalue weighted by molar-refractivity contribution is -0.117. The zero-order chi connectivity index (χ0) is 13.5. The SMILES string of the molecule is O=C(C=Cc1ccoc1)NCC(O)C1CCCCC1. The highest BCUT2D eigenvalue weighted by atomic mass is 16.3. The van der Waals surface area contributed by atoms with Gasteiger partial charge in [-0.25, -0.2) is 0 Å². The Hall–Kier alpha value is -1.55. The van der Waals surface area contributed by atoms with Crippen molar-refractivity contribution in [2.24, 2.45) is 5.92 Å². The summed E-state index contributed by atoms with van der Waals surface area (Å²) < 4.78 is 4.90. The van der Waals surface area contributed by atoms with Crippen LogP contribution in [0.25, 0.3) is 6.08 Å². The van der Waals surface area contributed by atoms with Crippen molar-refractivity contribution in [3.63, 3.8) is 0 Å². The molecule has 4 nitrogen and oxygen atoms in total. The molecule has 0 aliphatic heterocycles. The molecule has 0 saturated heterocycles. The van der Waals surface area contributed by atoms with Gasteiger partial charge in [0.05, 0.1) is 18.6 Å². The smallest absolute Gasteiger partial charge is 0.244 e. The van der Waals surface area contributed by atoms with E-state index < -0.39 is 6.10 Å². The average Bonchev–Trinajstić information content (AvgIpc) is 2.96. The van der Waals surface area contributed by atoms with E-state index in [1.54, 1.807) is 24.7 Å². The van der Waals surface area contributed by atoms with Crippen LogP contribution < -0.4 is 5.32 Å². The lowest BCUT2D eigenvalue weighted by atomic mass is 9.85. The Bertz CT molecular complexity index is 405. The fourth-order valence-corrected chi connectivity index (χ4v) is 2.49. The van der Waals surface area contributed by atoms with E-state index in [-0.39, 0.29) is 5.91 Å². The number of nitrogens with one attached hydrogen (secondary N) is 1. The van der Waals surface area contributed by atoms with Crippen molar-refractivity contribution in [2.75, 3.05) is 6.54 Å². The molecule has 104 valence electrons. The normalized spacial score (nSPS) is 18.6. The average molecular weight is 263 g/mol. The van der Waals surface area contributed by atoms with Crippen molar-refractivity contribution in [1.82, 2.24) is 5.32 Å². The first-order chi connectivity index (χ1) is 9.25. The van der Waals surface area contributed by atoms with Gasteiger partial charge < -0.3 is 14.8 Å². The van der Waals surface area contributed by atoms with Gasteiger partial charge in [0.15, 0.2) is 0 Å². The molecule has 1 aromatic heterocycles. The molecule has 19 heavy (non-hydrogen) atoms. The fraction of sp³-hybridized carbons (Fsp3) is 0.533. The molecule has 2 rings (SSSR count). The lowest BCUT2D eigenvalue weighted by Gasteiger charge is -2.26. The summed E-state index contributed by atoms with van der Waals surface area (Å²) in [6.07, 6.45) is 11.6. The van der Waals surface area contributed by atoms with E-state index in [1.165, 1.54) is 25.3 Å². The minimum Gasteiger partial charge on any atom is -0.472 e. The number of aliphatic hydroxyl groups is 1. The monoisotopic (exact) mass is 263 g/mol. The minimum atomic E-state index is -0.424. The van der Waals surface area contributed by atoms with Crippen LogP contribution >= 0.6 is 0 Å². The number of carbonyl (C=O) groups is 1. The van der Waals surface area contributed by atoms with Crippen molar-refractivity contribution in [1.29, 1.82) is 0 Å². The molecule has 1 saturated carbocycles. The van der Waals surface area contributed by atoms with Crippen LogP contribution in [0, 0.1) is 5.92 Å². The van der Waals surface area contributed by atoms with Crippen LogP contribution in [0.2, 0.25) is 0 Å². The summed E-state index contributed by atoms with van der Waals surface area (Å²) in [6.45, 7) is 0.333. The molecule has 0 aromatic carbocycles. The van der Waals surface area contributed by atoms with Crippen molar-refractivity contribution in [2.45, 2.75) is 38.2 Å². The summed E-state index contributed by atoms with van der Waals surface area (Å²) in [5.41, 5.74) is 0.850. The van der Waals surface area contributed by atoms with Crippen LogP contribution in [-0.2, 0) is 4.79 Å². The van der Waals surface area contributed by atoms with Crippen molar-refractivity contribution in [3.8, 4) is 0 Å². The molecule has 0 bridgehead atoms. The second-order valence-electron chi connectivity index (χ2n) is 5.10. The van der Waals surface area contributed by atoms with Gasteiger partial charge in [-0.15, -0.1) is 0 Å². The third-order valence-electron chi connectivity index (χ3n) is 3.65. The Morgan fingerprint density at radius 2 is 2.26 bits per heavy atom. The van der Waals surface area contributed by atoms with Gasteiger partial charge in [-0.2, -0.15) is 0 Å². The highest BCUT2D eigenvalue weighted by Gasteiger charge is 2.21. The van der Waals surface area contributed by atoms with Crippen LogP contribution in [0.1, 0.15) is 37.7 Å². The van der Waals surface area contributed by atoms with Gasteiger partial charge in [-0.1, -0.05) is 19.3 Å². The summed E-state index contributed by atoms with van der Waals surface area (Å²) in [5.74, 6) is 0.156. The molecule has 0 spiro atoms. The van der Waals surface area contributed by atoms with E-state index in [9.17, 15) is 9.90 Å². The van der Waals surface area contributed by atoms with Gasteiger partial charge in [0.2, 0.25) is 5.91 Å². The maximum atomic E-state index is 11.6. The van der Waals surface area contributed by atoms with E-state index in [4.69, 9.17) is 4.42 Å². The maximum absolute atomic E-state index is 11.6. The van der Waals surface area contributed by atoms with Crippen LogP contribution in [-0.4, -0.2) is 23.7 Å². The van der Waals surface area contributed by atoms with Gasteiger partial charge >= 0.3 is 0 Å². The molecule has 1 amide bonds. The van der Waals surface area contributed by atoms with Gasteiger partial charge in [0, 0.05) is 18.2 Å². The number of furan rings is 1. The summed E-state index contributed by atoms with van der Waals surface area (Å²) >= 11 is 0. The zero-order valence-corrected chi connectivity index (χ0v) is 11.0. The summed E-state index contributed by atoms with van der Waals surface area (Å²) in [7, 11) is 0. The number of carbonyl (C=O) groups excluding carboxylic acids is 1. The van der Waals surface area contributed by atoms with Crippen molar-refractivity contribution >= 4 is 12.0 Å². The standard InChI is InChI=1S/C15H21NO3/c17-14(13-4-2-1-3-5-13)10-16-15(18)7-6-12-8-9-19-11-12/h6-9,11,13-14,17H,1-5,10H2,(H,16,18). The third-order valence-corrected chi connectivity index (χ3v) is 3.65. The van der Waals surface area contributed by atoms with E-state index in [1.807, 2.05) is 0 Å². The molecule has 0 radical (unpaired) electrons. The second-order valence-corrected chi connectivity index (χ2v) is 5.10. The lowest BCUT2D eigenvalue weighted by Crippen LogP contribution is -2.36. The Labute approximate surface area is 113 Å². The third kappa shape index (κ3) is 4.56. The predicted octanol–water partition coefficient (Wildman–Crippen LogP) is 2.35. The summed E-state index contributed by atoms with van der Waals surface area (Å²) in [5, 5.41) is 12.8. The Kier molecular flexibility index (Phi) is 5.21. The van der Waals surface area contributed by atoms with E-state index in [2.05, 4.69) is 5.32 Å². The van der Waals surface area contributed by atoms with Crippen molar-refractivity contribution in [3.05, 3.63) is 30.2 Å². The minimum absolute atomic E-state index is 0.184. The molecular weight excluding hydrogens is 242 g/mol. The first-order valence-corrected chi connectivity index (χ1v) is 6.92. The molecule has 1 atom stereocenters. The predicted molar refractivity (Wildman–Crippen MR) is 73.3 cm³/mol. The fourth-order valence-electron chi connectivity index (χ4n) is 2.49. The highest BCUT2D eigenvalue weighted by molar-refractivity contribution is 5.91. The van der Waals surface area contributed by atoms with Gasteiger partial charge in [0.25, 0.3) is 0 Å². The van der Waals surface area contributed by atoms with Crippen LogP contribution in [0.3, 0.4) is 0 Å². The number of hydrogen-bond donors (Lipinski definition) is 2. The molecule has 2 N–H and O–H groups in total. The maximum Gasteiger partial charge on any atom is 0.244 e. The Morgan fingerprint density at radius 1 is 1.47 bits per heavy atom. The summed E-state index contributed by atoms with van der Waals surface area (Å²) in [4.78, 5) is 11.6. The second kappa shape index (κ2) is 7.14. The summed E-state index contributed by atoms with van der Waals surface area (Å²) in [6, 6.07) is 1.78. The largest absolute Gasteiger partial charge is 0.472 e. The number of hydrogen-bond acceptors (Lipinski definition) is 3. The first kappa shape index (κ1) is 13.9. The molecule has 1 heterocycles.